The molecule has 0 bridgehead atoms. The van der Waals surface area contributed by atoms with Gasteiger partial charge in [0.2, 0.25) is 0 Å². The first kappa shape index (κ1) is 14.7. The molecule has 1 aliphatic carbocycles. The van der Waals surface area contributed by atoms with E-state index >= 15 is 0 Å². The van der Waals surface area contributed by atoms with Gasteiger partial charge in [-0.3, -0.25) is 4.79 Å². The Morgan fingerprint density at radius 3 is 2.55 bits per heavy atom. The van der Waals surface area contributed by atoms with Crippen molar-refractivity contribution in [1.29, 1.82) is 0 Å². The zero-order valence-corrected chi connectivity index (χ0v) is 11.1. The zero-order valence-electron chi connectivity index (χ0n) is 11.1. The summed E-state index contributed by atoms with van der Waals surface area (Å²) in [4.78, 5) is 13.1. The van der Waals surface area contributed by atoms with Crippen molar-refractivity contribution in [2.75, 3.05) is 18.1 Å². The highest BCUT2D eigenvalue weighted by molar-refractivity contribution is 5.77. The number of carbonyl (C=O) groups excluding carboxylic acids is 1. The second kappa shape index (κ2) is 5.73. The van der Waals surface area contributed by atoms with Crippen LogP contribution in [-0.4, -0.2) is 25.2 Å². The number of nitrogens with zero attached hydrogens (tertiary/aromatic N) is 1. The number of para-hydroxylation sites is 1. The highest BCUT2D eigenvalue weighted by Gasteiger charge is 2.38. The topological polar surface area (TPSA) is 29.5 Å². The van der Waals surface area contributed by atoms with Crippen LogP contribution >= 0.6 is 0 Å². The van der Waals surface area contributed by atoms with Gasteiger partial charge in [0, 0.05) is 11.7 Å². The van der Waals surface area contributed by atoms with Gasteiger partial charge in [-0.15, -0.1) is 0 Å². The van der Waals surface area contributed by atoms with E-state index in [1.54, 1.807) is 13.0 Å². The zero-order chi connectivity index (χ0) is 14.8. The van der Waals surface area contributed by atoms with E-state index in [2.05, 4.69) is 0 Å². The Balaban J connectivity index is 2.28. The van der Waals surface area contributed by atoms with Crippen LogP contribution in [0, 0.1) is 0 Å². The molecule has 1 aliphatic rings. The van der Waals surface area contributed by atoms with Crippen LogP contribution in [0.5, 0.6) is 0 Å². The van der Waals surface area contributed by atoms with Gasteiger partial charge >= 0.3 is 12.1 Å². The van der Waals surface area contributed by atoms with Crippen LogP contribution in [0.2, 0.25) is 0 Å². The molecule has 2 rings (SSSR count). The minimum Gasteiger partial charge on any atom is -0.465 e. The van der Waals surface area contributed by atoms with E-state index in [9.17, 15) is 18.0 Å². The first-order valence-corrected chi connectivity index (χ1v) is 6.52. The summed E-state index contributed by atoms with van der Waals surface area (Å²) in [5, 5.41) is 0. The molecule has 3 nitrogen and oxygen atoms in total. The molecule has 0 unspecified atom stereocenters. The Bertz CT molecular complexity index is 484. The van der Waals surface area contributed by atoms with E-state index in [0.717, 1.165) is 18.9 Å². The molecule has 0 spiro atoms. The Morgan fingerprint density at radius 1 is 1.35 bits per heavy atom. The molecule has 110 valence electrons. The number of alkyl halides is 3. The molecule has 0 aromatic heterocycles. The summed E-state index contributed by atoms with van der Waals surface area (Å²) in [5.41, 5.74) is -0.660. The lowest BCUT2D eigenvalue weighted by molar-refractivity contribution is -0.142. The number of ether oxygens (including phenoxy) is 1. The lowest BCUT2D eigenvalue weighted by Gasteiger charge is -2.26. The van der Waals surface area contributed by atoms with E-state index in [0.29, 0.717) is 0 Å². The molecule has 0 N–H and O–H groups in total. The van der Waals surface area contributed by atoms with Crippen molar-refractivity contribution in [1.82, 2.24) is 0 Å². The number of carbonyl (C=O) groups is 1. The predicted molar refractivity (Wildman–Crippen MR) is 68.4 cm³/mol. The quantitative estimate of drug-likeness (QED) is 0.779. The predicted octanol–water partition coefficient (Wildman–Crippen LogP) is 3.24. The van der Waals surface area contributed by atoms with E-state index in [4.69, 9.17) is 4.74 Å². The summed E-state index contributed by atoms with van der Waals surface area (Å²) in [5.74, 6) is -0.503. The van der Waals surface area contributed by atoms with E-state index in [1.807, 2.05) is 0 Å². The van der Waals surface area contributed by atoms with Gasteiger partial charge < -0.3 is 9.64 Å². The lowest BCUT2D eigenvalue weighted by Crippen LogP contribution is -2.34. The maximum Gasteiger partial charge on any atom is 0.418 e. The van der Waals surface area contributed by atoms with Crippen LogP contribution < -0.4 is 4.90 Å². The minimum atomic E-state index is -4.43. The molecule has 0 heterocycles. The Morgan fingerprint density at radius 2 is 2.00 bits per heavy atom. The van der Waals surface area contributed by atoms with Crippen LogP contribution in [0.25, 0.3) is 0 Å². The number of anilines is 1. The first-order valence-electron chi connectivity index (χ1n) is 6.52. The van der Waals surface area contributed by atoms with Crippen molar-refractivity contribution in [2.24, 2.45) is 0 Å². The second-order valence-corrected chi connectivity index (χ2v) is 4.68. The number of halogens is 3. The van der Waals surface area contributed by atoms with Gasteiger partial charge in [-0.25, -0.2) is 0 Å². The van der Waals surface area contributed by atoms with Crippen LogP contribution in [-0.2, 0) is 15.7 Å². The number of rotatable bonds is 5. The molecule has 0 radical (unpaired) electrons. The van der Waals surface area contributed by atoms with Gasteiger partial charge in [-0.05, 0) is 31.9 Å². The van der Waals surface area contributed by atoms with Crippen molar-refractivity contribution >= 4 is 11.7 Å². The smallest absolute Gasteiger partial charge is 0.418 e. The third-order valence-electron chi connectivity index (χ3n) is 3.11. The second-order valence-electron chi connectivity index (χ2n) is 4.68. The molecule has 0 amide bonds. The average molecular weight is 287 g/mol. The maximum absolute atomic E-state index is 13.0. The van der Waals surface area contributed by atoms with Crippen molar-refractivity contribution in [3.63, 3.8) is 0 Å². The lowest BCUT2D eigenvalue weighted by atomic mass is 10.1. The molecular weight excluding hydrogens is 271 g/mol. The van der Waals surface area contributed by atoms with Crippen LogP contribution in [0.3, 0.4) is 0 Å². The van der Waals surface area contributed by atoms with Gasteiger partial charge in [-0.1, -0.05) is 12.1 Å². The number of esters is 1. The van der Waals surface area contributed by atoms with Gasteiger partial charge in [0.15, 0.2) is 0 Å². The Hall–Kier alpha value is -1.72. The third-order valence-corrected chi connectivity index (χ3v) is 3.11. The molecule has 0 aliphatic heterocycles. The number of hydrogen-bond donors (Lipinski definition) is 0. The van der Waals surface area contributed by atoms with Crippen molar-refractivity contribution in [3.05, 3.63) is 29.8 Å². The van der Waals surface area contributed by atoms with Gasteiger partial charge in [0.05, 0.1) is 12.2 Å². The molecular formula is C14H16F3NO2. The Labute approximate surface area is 115 Å². The minimum absolute atomic E-state index is 0.0112. The summed E-state index contributed by atoms with van der Waals surface area (Å²) in [6.07, 6.45) is -2.84. The maximum atomic E-state index is 13.0. The molecule has 6 heteroatoms. The SMILES string of the molecule is CCOC(=O)CN(c1ccccc1C(F)(F)F)C1CC1. The largest absolute Gasteiger partial charge is 0.465 e. The molecule has 1 aromatic carbocycles. The van der Waals surface area contributed by atoms with Crippen molar-refractivity contribution < 1.29 is 22.7 Å². The van der Waals surface area contributed by atoms with Crippen LogP contribution in [0.15, 0.2) is 24.3 Å². The Kier molecular flexibility index (Phi) is 4.20. The van der Waals surface area contributed by atoms with Gasteiger partial charge in [0.1, 0.15) is 6.54 Å². The normalized spacial score (nSPS) is 15.0. The fraction of sp³-hybridized carbons (Fsp3) is 0.500. The monoisotopic (exact) mass is 287 g/mol. The van der Waals surface area contributed by atoms with Crippen LogP contribution in [0.4, 0.5) is 18.9 Å². The summed E-state index contributed by atoms with van der Waals surface area (Å²) in [7, 11) is 0. The summed E-state index contributed by atoms with van der Waals surface area (Å²) in [6.45, 7) is 1.74. The molecule has 20 heavy (non-hydrogen) atoms. The third kappa shape index (κ3) is 3.43. The summed E-state index contributed by atoms with van der Waals surface area (Å²) >= 11 is 0. The van der Waals surface area contributed by atoms with Crippen molar-refractivity contribution in [2.45, 2.75) is 32.0 Å². The van der Waals surface area contributed by atoms with Crippen LogP contribution in [0.1, 0.15) is 25.3 Å². The number of hydrogen-bond acceptors (Lipinski definition) is 3. The van der Waals surface area contributed by atoms with Gasteiger partial charge in [-0.2, -0.15) is 13.2 Å². The highest BCUT2D eigenvalue weighted by atomic mass is 19.4. The molecule has 1 aromatic rings. The molecule has 1 saturated carbocycles. The molecule has 0 atom stereocenters. The molecule has 1 fully saturated rings. The van der Waals surface area contributed by atoms with Crippen molar-refractivity contribution in [3.8, 4) is 0 Å². The average Bonchev–Trinajstić information content (AvgIpc) is 3.19. The standard InChI is InChI=1S/C14H16F3NO2/c1-2-20-13(19)9-18(10-7-8-10)12-6-4-3-5-11(12)14(15,16)17/h3-6,10H,2,7-9H2,1H3. The first-order chi connectivity index (χ1) is 9.43. The fourth-order valence-corrected chi connectivity index (χ4v) is 2.11. The molecule has 0 saturated heterocycles. The summed E-state index contributed by atoms with van der Waals surface area (Å²) < 4.78 is 43.9. The van der Waals surface area contributed by atoms with E-state index in [1.165, 1.54) is 17.0 Å². The van der Waals surface area contributed by atoms with E-state index < -0.39 is 17.7 Å². The number of benzene rings is 1. The highest BCUT2D eigenvalue weighted by Crippen LogP contribution is 2.40. The van der Waals surface area contributed by atoms with E-state index in [-0.39, 0.29) is 24.9 Å². The summed E-state index contributed by atoms with van der Waals surface area (Å²) in [6, 6.07) is 5.33. The van der Waals surface area contributed by atoms with Gasteiger partial charge in [0.25, 0.3) is 0 Å². The fourth-order valence-electron chi connectivity index (χ4n) is 2.11.